The van der Waals surface area contributed by atoms with Crippen molar-refractivity contribution in [2.75, 3.05) is 32.8 Å². The second-order valence-electron chi connectivity index (χ2n) is 15.2. The van der Waals surface area contributed by atoms with Crippen LogP contribution in [-0.4, -0.2) is 84.4 Å². The molecule has 13 nitrogen and oxygen atoms in total. The van der Waals surface area contributed by atoms with E-state index < -0.39 is 33.7 Å². The average molecular weight is 796 g/mol. The normalized spacial score (nSPS) is 14.6. The number of sulfonamides is 1. The Kier molecular flexibility index (Phi) is 12.7. The van der Waals surface area contributed by atoms with Crippen molar-refractivity contribution in [3.63, 3.8) is 0 Å². The number of benzene rings is 3. The largest absolute Gasteiger partial charge is 0.486 e. The molecule has 3 heterocycles. The van der Waals surface area contributed by atoms with E-state index in [2.05, 4.69) is 32.1 Å². The van der Waals surface area contributed by atoms with E-state index in [-0.39, 0.29) is 46.9 Å². The van der Waals surface area contributed by atoms with Crippen LogP contribution in [0.4, 0.5) is 0 Å². The van der Waals surface area contributed by atoms with Gasteiger partial charge in [-0.25, -0.2) is 4.68 Å². The summed E-state index contributed by atoms with van der Waals surface area (Å²) in [6.45, 7) is 11.8. The lowest BCUT2D eigenvalue weighted by atomic mass is 9.99. The van der Waals surface area contributed by atoms with Crippen molar-refractivity contribution in [1.82, 2.24) is 19.6 Å². The molecule has 300 valence electrons. The average Bonchev–Trinajstić information content (AvgIpc) is 3.43. The van der Waals surface area contributed by atoms with Crippen LogP contribution in [0.25, 0.3) is 0 Å². The van der Waals surface area contributed by atoms with Gasteiger partial charge in [-0.1, -0.05) is 57.5 Å². The number of amides is 3. The van der Waals surface area contributed by atoms with E-state index in [0.29, 0.717) is 60.8 Å². The minimum Gasteiger partial charge on any atom is -0.486 e. The lowest BCUT2D eigenvalue weighted by molar-refractivity contribution is 0.0646. The summed E-state index contributed by atoms with van der Waals surface area (Å²) in [4.78, 5) is 58.4. The molecule has 0 saturated heterocycles. The number of Topliss-reactive ketones (excluding diaryl/α,β-unsaturated/α-hetero) is 1. The highest BCUT2D eigenvalue weighted by Gasteiger charge is 2.35. The van der Waals surface area contributed by atoms with Crippen molar-refractivity contribution in [3.8, 4) is 11.5 Å². The van der Waals surface area contributed by atoms with E-state index in [0.717, 1.165) is 23.3 Å². The molecule has 3 aromatic carbocycles. The molecule has 0 fully saturated rings. The van der Waals surface area contributed by atoms with Gasteiger partial charge in [0.25, 0.3) is 27.7 Å². The van der Waals surface area contributed by atoms with Gasteiger partial charge in [0.1, 0.15) is 24.9 Å². The number of rotatable bonds is 16. The van der Waals surface area contributed by atoms with Crippen LogP contribution in [0.2, 0.25) is 0 Å². The van der Waals surface area contributed by atoms with Gasteiger partial charge in [-0.3, -0.25) is 24.1 Å². The van der Waals surface area contributed by atoms with Crippen LogP contribution in [0, 0.1) is 18.8 Å². The van der Waals surface area contributed by atoms with Gasteiger partial charge in [-0.2, -0.15) is 13.5 Å². The van der Waals surface area contributed by atoms with Crippen molar-refractivity contribution in [2.45, 2.75) is 71.2 Å². The van der Waals surface area contributed by atoms with Crippen LogP contribution >= 0.6 is 0 Å². The summed E-state index contributed by atoms with van der Waals surface area (Å²) in [6, 6.07) is 19.2. The first kappa shape index (κ1) is 41.0. The fraction of sp³-hybridized carbons (Fsp3) is 0.395. The number of aromatic nitrogens is 2. The molecule has 1 atom stereocenters. The van der Waals surface area contributed by atoms with Gasteiger partial charge in [0, 0.05) is 25.2 Å². The number of fused-ring (bicyclic) bond motifs is 2. The number of carbonyl (C=O) groups excluding carboxylic acids is 4. The fourth-order valence-corrected chi connectivity index (χ4v) is 7.65. The molecule has 4 aromatic rings. The summed E-state index contributed by atoms with van der Waals surface area (Å²) in [6.07, 6.45) is 1.65. The molecular weight excluding hydrogens is 747 g/mol. The maximum atomic E-state index is 14.8. The molecule has 1 aromatic heterocycles. The molecule has 57 heavy (non-hydrogen) atoms. The first-order valence-electron chi connectivity index (χ1n) is 19.4. The summed E-state index contributed by atoms with van der Waals surface area (Å²) in [7, 11) is -4.33. The van der Waals surface area contributed by atoms with Gasteiger partial charge in [0.2, 0.25) is 0 Å². The van der Waals surface area contributed by atoms with Crippen LogP contribution in [0.1, 0.15) is 107 Å². The van der Waals surface area contributed by atoms with Crippen LogP contribution in [0.5, 0.6) is 11.5 Å². The summed E-state index contributed by atoms with van der Waals surface area (Å²) < 4.78 is 44.5. The van der Waals surface area contributed by atoms with Crippen molar-refractivity contribution in [1.29, 1.82) is 0 Å². The summed E-state index contributed by atoms with van der Waals surface area (Å²) >= 11 is 0. The van der Waals surface area contributed by atoms with E-state index in [4.69, 9.17) is 14.6 Å². The first-order chi connectivity index (χ1) is 27.2. The molecular formula is C43H49N5O8S. The Morgan fingerprint density at radius 3 is 2.04 bits per heavy atom. The third-order valence-electron chi connectivity index (χ3n) is 9.99. The van der Waals surface area contributed by atoms with E-state index >= 15 is 0 Å². The summed E-state index contributed by atoms with van der Waals surface area (Å²) in [5.41, 5.74) is 1.51. The van der Waals surface area contributed by atoms with Gasteiger partial charge in [0.15, 0.2) is 22.8 Å². The van der Waals surface area contributed by atoms with Crippen molar-refractivity contribution < 1.29 is 37.1 Å². The van der Waals surface area contributed by atoms with Gasteiger partial charge in [0.05, 0.1) is 16.0 Å². The molecule has 0 aliphatic carbocycles. The Morgan fingerprint density at radius 1 is 0.807 bits per heavy atom. The molecule has 2 aliphatic rings. The lowest BCUT2D eigenvalue weighted by Crippen LogP contribution is -2.39. The van der Waals surface area contributed by atoms with Crippen molar-refractivity contribution >= 4 is 33.5 Å². The van der Waals surface area contributed by atoms with E-state index in [1.165, 1.54) is 28.9 Å². The Balaban J connectivity index is 1.45. The predicted molar refractivity (Wildman–Crippen MR) is 213 cm³/mol. The van der Waals surface area contributed by atoms with Crippen molar-refractivity contribution in [2.24, 2.45) is 16.2 Å². The molecule has 1 unspecified atom stereocenters. The van der Waals surface area contributed by atoms with E-state index in [1.807, 2.05) is 6.92 Å². The quantitative estimate of drug-likeness (QED) is 0.0940. The monoisotopic (exact) mass is 795 g/mol. The standard InChI is InChI=1S/C43H49N5O8S/c1-28(2)20-23-46(24-21-29(3)4)43(52)35-17-19-39(45-57(53,54)32-15-12-30(5)13-16-32)48(44-35)36(40(49)31-14-18-37-38(27-31)56-26-25-55-37)11-8-22-47-41(50)33-9-6-7-10-34(33)42(47)51/h6-7,9-10,12-19,27-29,36H,8,11,20-26H2,1-5H3. The van der Waals surface area contributed by atoms with Gasteiger partial charge >= 0.3 is 0 Å². The van der Waals surface area contributed by atoms with Crippen LogP contribution in [-0.2, 0) is 10.0 Å². The third kappa shape index (κ3) is 9.50. The third-order valence-corrected chi connectivity index (χ3v) is 11.3. The number of ketones is 1. The van der Waals surface area contributed by atoms with E-state index in [9.17, 15) is 27.6 Å². The minimum atomic E-state index is -4.33. The second kappa shape index (κ2) is 17.7. The Morgan fingerprint density at radius 2 is 1.42 bits per heavy atom. The molecule has 3 amide bonds. The van der Waals surface area contributed by atoms with Gasteiger partial charge in [-0.05, 0) is 99.0 Å². The number of carbonyl (C=O) groups is 4. The highest BCUT2D eigenvalue weighted by atomic mass is 32.2. The maximum Gasteiger partial charge on any atom is 0.284 e. The zero-order chi connectivity index (χ0) is 40.9. The summed E-state index contributed by atoms with van der Waals surface area (Å²) in [5.74, 6) is -0.205. The molecule has 6 rings (SSSR count). The first-order valence-corrected chi connectivity index (χ1v) is 20.8. The zero-order valence-electron chi connectivity index (χ0n) is 33.0. The smallest absolute Gasteiger partial charge is 0.284 e. The highest BCUT2D eigenvalue weighted by molar-refractivity contribution is 7.90. The van der Waals surface area contributed by atoms with Crippen LogP contribution < -0.4 is 15.0 Å². The Labute approximate surface area is 333 Å². The van der Waals surface area contributed by atoms with E-state index in [1.54, 1.807) is 59.5 Å². The number of nitrogens with zero attached hydrogens (tertiary/aromatic N) is 5. The number of imide groups is 1. The number of ether oxygens (including phenoxy) is 2. The Bertz CT molecular complexity index is 2290. The molecule has 0 spiro atoms. The number of aryl methyl sites for hydroxylation is 1. The van der Waals surface area contributed by atoms with Gasteiger partial charge in [-0.15, -0.1) is 4.40 Å². The Hall–Kier alpha value is -5.63. The molecule has 2 aliphatic heterocycles. The highest BCUT2D eigenvalue weighted by Crippen LogP contribution is 2.33. The van der Waals surface area contributed by atoms with Gasteiger partial charge < -0.3 is 14.4 Å². The molecule has 0 saturated carbocycles. The number of hydrogen-bond acceptors (Lipinski definition) is 9. The topological polar surface area (TPSA) is 158 Å². The second-order valence-corrected chi connectivity index (χ2v) is 16.9. The zero-order valence-corrected chi connectivity index (χ0v) is 33.8. The minimum absolute atomic E-state index is 0.00645. The molecule has 14 heteroatoms. The SMILES string of the molecule is Cc1ccc(S(=O)(=O)N=c2ccc(C(=O)N(CCC(C)C)CCC(C)C)nn2C(CCCN2C(=O)c3ccccc3C2=O)C(=O)c2ccc3c(c2)OCCO3)cc1. The molecule has 0 radical (unpaired) electrons. The van der Waals surface area contributed by atoms with Crippen LogP contribution in [0.3, 0.4) is 0 Å². The fourth-order valence-electron chi connectivity index (χ4n) is 6.68. The van der Waals surface area contributed by atoms with Crippen molar-refractivity contribution in [3.05, 3.63) is 112 Å². The molecule has 0 N–H and O–H groups in total. The molecule has 0 bridgehead atoms. The number of hydrogen-bond donors (Lipinski definition) is 0. The maximum absolute atomic E-state index is 14.8. The predicted octanol–water partition coefficient (Wildman–Crippen LogP) is 6.29. The summed E-state index contributed by atoms with van der Waals surface area (Å²) in [5, 5.41) is 4.73. The van der Waals surface area contributed by atoms with Crippen LogP contribution in [0.15, 0.2) is 88.2 Å². The lowest BCUT2D eigenvalue weighted by Gasteiger charge is -2.25.